The van der Waals surface area contributed by atoms with Crippen LogP contribution in [0.4, 0.5) is 0 Å². The van der Waals surface area contributed by atoms with Crippen molar-refractivity contribution in [1.82, 2.24) is 5.32 Å². The predicted molar refractivity (Wildman–Crippen MR) is 80.7 cm³/mol. The van der Waals surface area contributed by atoms with Crippen LogP contribution in [0.1, 0.15) is 37.2 Å². The number of rotatable bonds is 4. The van der Waals surface area contributed by atoms with Gasteiger partial charge in [0.1, 0.15) is 4.88 Å². The Bertz CT molecular complexity index is 665. The lowest BCUT2D eigenvalue weighted by Gasteiger charge is -2.03. The highest BCUT2D eigenvalue weighted by Crippen LogP contribution is 2.40. The first kappa shape index (κ1) is 13.8. The summed E-state index contributed by atoms with van der Waals surface area (Å²) in [6.45, 7) is 0. The third kappa shape index (κ3) is 2.97. The third-order valence-corrected chi connectivity index (χ3v) is 4.62. The molecule has 1 heterocycles. The summed E-state index contributed by atoms with van der Waals surface area (Å²) in [7, 11) is 1.33. The maximum absolute atomic E-state index is 12.1. The molecule has 2 aromatic rings. The van der Waals surface area contributed by atoms with E-state index in [2.05, 4.69) is 22.2 Å². The molecule has 1 aliphatic rings. The van der Waals surface area contributed by atoms with Crippen LogP contribution in [0.25, 0.3) is 0 Å². The molecule has 21 heavy (non-hydrogen) atoms. The van der Waals surface area contributed by atoms with Gasteiger partial charge in [-0.25, -0.2) is 4.79 Å². The molecule has 1 saturated carbocycles. The summed E-state index contributed by atoms with van der Waals surface area (Å²) in [4.78, 5) is 24.5. The SMILES string of the molecule is COC(=O)c1ccc(C(=O)N[C@@H]2C[C@@H]2c2ccccc2)s1. The van der Waals surface area contributed by atoms with Crippen LogP contribution >= 0.6 is 11.3 Å². The molecule has 3 rings (SSSR count). The zero-order valence-electron chi connectivity index (χ0n) is 11.5. The number of esters is 1. The molecule has 5 heteroatoms. The molecule has 0 aliphatic heterocycles. The highest BCUT2D eigenvalue weighted by Gasteiger charge is 2.39. The summed E-state index contributed by atoms with van der Waals surface area (Å²) < 4.78 is 4.64. The van der Waals surface area contributed by atoms with Crippen LogP contribution in [0.3, 0.4) is 0 Å². The molecule has 1 aliphatic carbocycles. The van der Waals surface area contributed by atoms with Crippen LogP contribution in [0, 0.1) is 0 Å². The van der Waals surface area contributed by atoms with Crippen LogP contribution in [0.15, 0.2) is 42.5 Å². The number of benzene rings is 1. The van der Waals surface area contributed by atoms with Crippen molar-refractivity contribution >= 4 is 23.2 Å². The topological polar surface area (TPSA) is 55.4 Å². The third-order valence-electron chi connectivity index (χ3n) is 3.55. The number of hydrogen-bond acceptors (Lipinski definition) is 4. The Balaban J connectivity index is 1.61. The number of thiophene rings is 1. The Hall–Kier alpha value is -2.14. The van der Waals surface area contributed by atoms with Gasteiger partial charge in [0, 0.05) is 12.0 Å². The molecule has 2 atom stereocenters. The molecule has 0 bridgehead atoms. The Morgan fingerprint density at radius 3 is 2.57 bits per heavy atom. The van der Waals surface area contributed by atoms with Gasteiger partial charge in [-0.05, 0) is 24.1 Å². The number of nitrogens with one attached hydrogen (secondary N) is 1. The first-order chi connectivity index (χ1) is 10.2. The van der Waals surface area contributed by atoms with Gasteiger partial charge in [0.05, 0.1) is 12.0 Å². The fourth-order valence-electron chi connectivity index (χ4n) is 2.33. The van der Waals surface area contributed by atoms with Gasteiger partial charge in [-0.1, -0.05) is 30.3 Å². The Morgan fingerprint density at radius 1 is 1.14 bits per heavy atom. The Morgan fingerprint density at radius 2 is 1.86 bits per heavy atom. The van der Waals surface area contributed by atoms with Crippen molar-refractivity contribution in [2.24, 2.45) is 0 Å². The van der Waals surface area contributed by atoms with Crippen LogP contribution in [0.2, 0.25) is 0 Å². The molecule has 108 valence electrons. The molecule has 0 saturated heterocycles. The van der Waals surface area contributed by atoms with E-state index < -0.39 is 5.97 Å². The molecule has 1 aromatic carbocycles. The monoisotopic (exact) mass is 301 g/mol. The minimum atomic E-state index is -0.410. The van der Waals surface area contributed by atoms with Crippen molar-refractivity contribution in [2.45, 2.75) is 18.4 Å². The quantitative estimate of drug-likeness (QED) is 0.884. The lowest BCUT2D eigenvalue weighted by molar-refractivity contribution is 0.0606. The van der Waals surface area contributed by atoms with Crippen LogP contribution in [0.5, 0.6) is 0 Å². The summed E-state index contributed by atoms with van der Waals surface area (Å²) in [5.74, 6) is -0.138. The lowest BCUT2D eigenvalue weighted by atomic mass is 10.1. The van der Waals surface area contributed by atoms with Crippen LogP contribution in [-0.2, 0) is 4.74 Å². The summed E-state index contributed by atoms with van der Waals surface area (Å²) in [5, 5.41) is 3.01. The van der Waals surface area contributed by atoms with E-state index in [9.17, 15) is 9.59 Å². The van der Waals surface area contributed by atoms with Crippen molar-refractivity contribution in [3.05, 3.63) is 57.8 Å². The van der Waals surface area contributed by atoms with Crippen LogP contribution < -0.4 is 5.32 Å². The fraction of sp³-hybridized carbons (Fsp3) is 0.250. The standard InChI is InChI=1S/C16H15NO3S/c1-20-16(19)14-8-7-13(21-14)15(18)17-12-9-11(12)10-5-3-2-4-6-10/h2-8,11-12H,9H2,1H3,(H,17,18)/t11-,12-/m1/s1. The van der Waals surface area contributed by atoms with Gasteiger partial charge in [0.25, 0.3) is 5.91 Å². The number of carbonyl (C=O) groups is 2. The van der Waals surface area contributed by atoms with Gasteiger partial charge in [0.15, 0.2) is 0 Å². The molecule has 1 fully saturated rings. The average Bonchev–Trinajstić information content (AvgIpc) is 3.10. The summed E-state index contributed by atoms with van der Waals surface area (Å²) in [5.41, 5.74) is 1.25. The maximum Gasteiger partial charge on any atom is 0.348 e. The molecule has 0 radical (unpaired) electrons. The second kappa shape index (κ2) is 5.69. The fourth-order valence-corrected chi connectivity index (χ4v) is 3.16. The highest BCUT2D eigenvalue weighted by atomic mass is 32.1. The van der Waals surface area contributed by atoms with E-state index >= 15 is 0 Å². The maximum atomic E-state index is 12.1. The summed E-state index contributed by atoms with van der Waals surface area (Å²) >= 11 is 1.15. The second-order valence-corrected chi connectivity index (χ2v) is 6.07. The van der Waals surface area contributed by atoms with Crippen molar-refractivity contribution in [3.8, 4) is 0 Å². The van der Waals surface area contributed by atoms with Gasteiger partial charge >= 0.3 is 5.97 Å². The number of amides is 1. The normalized spacial score (nSPS) is 19.9. The predicted octanol–water partition coefficient (Wildman–Crippen LogP) is 2.82. The molecule has 0 spiro atoms. The van der Waals surface area contributed by atoms with E-state index in [1.807, 2.05) is 18.2 Å². The second-order valence-electron chi connectivity index (χ2n) is 4.99. The smallest absolute Gasteiger partial charge is 0.348 e. The van der Waals surface area contributed by atoms with E-state index in [4.69, 9.17) is 0 Å². The average molecular weight is 301 g/mol. The zero-order valence-corrected chi connectivity index (χ0v) is 12.4. The number of methoxy groups -OCH3 is 1. The first-order valence-corrected chi connectivity index (χ1v) is 7.54. The summed E-state index contributed by atoms with van der Waals surface area (Å²) in [6.07, 6.45) is 0.963. The van der Waals surface area contributed by atoms with Crippen LogP contribution in [-0.4, -0.2) is 25.0 Å². The van der Waals surface area contributed by atoms with E-state index in [1.54, 1.807) is 12.1 Å². The number of hydrogen-bond donors (Lipinski definition) is 1. The van der Waals surface area contributed by atoms with E-state index in [1.165, 1.54) is 12.7 Å². The van der Waals surface area contributed by atoms with Gasteiger partial charge in [0.2, 0.25) is 0 Å². The van der Waals surface area contributed by atoms with E-state index in [0.29, 0.717) is 15.7 Å². The van der Waals surface area contributed by atoms with E-state index in [-0.39, 0.29) is 11.9 Å². The first-order valence-electron chi connectivity index (χ1n) is 6.73. The molecule has 1 amide bonds. The largest absolute Gasteiger partial charge is 0.465 e. The Kier molecular flexibility index (Phi) is 3.75. The molecular weight excluding hydrogens is 286 g/mol. The highest BCUT2D eigenvalue weighted by molar-refractivity contribution is 7.15. The lowest BCUT2D eigenvalue weighted by Crippen LogP contribution is -2.25. The summed E-state index contributed by atoms with van der Waals surface area (Å²) in [6, 6.07) is 13.6. The molecule has 1 N–H and O–H groups in total. The van der Waals surface area contributed by atoms with Crippen molar-refractivity contribution in [2.75, 3.05) is 7.11 Å². The number of ether oxygens (including phenoxy) is 1. The van der Waals surface area contributed by atoms with Crippen molar-refractivity contribution in [1.29, 1.82) is 0 Å². The van der Waals surface area contributed by atoms with Crippen molar-refractivity contribution < 1.29 is 14.3 Å². The molecule has 1 aromatic heterocycles. The molecule has 4 nitrogen and oxygen atoms in total. The van der Waals surface area contributed by atoms with Gasteiger partial charge < -0.3 is 10.1 Å². The van der Waals surface area contributed by atoms with Gasteiger partial charge in [-0.2, -0.15) is 0 Å². The minimum Gasteiger partial charge on any atom is -0.465 e. The molecule has 0 unspecified atom stereocenters. The number of carbonyl (C=O) groups excluding carboxylic acids is 2. The minimum absolute atomic E-state index is 0.126. The Labute approximate surface area is 126 Å². The van der Waals surface area contributed by atoms with Crippen molar-refractivity contribution in [3.63, 3.8) is 0 Å². The van der Waals surface area contributed by atoms with Gasteiger partial charge in [-0.3, -0.25) is 4.79 Å². The van der Waals surface area contributed by atoms with Gasteiger partial charge in [-0.15, -0.1) is 11.3 Å². The zero-order chi connectivity index (χ0) is 14.8. The van der Waals surface area contributed by atoms with E-state index in [0.717, 1.165) is 17.8 Å². The molecular formula is C16H15NO3S.